The molecule has 1 aliphatic rings. The summed E-state index contributed by atoms with van der Waals surface area (Å²) in [5.74, 6) is 1.96. The van der Waals surface area contributed by atoms with Crippen LogP contribution in [0.1, 0.15) is 6.42 Å². The third kappa shape index (κ3) is 4.18. The van der Waals surface area contributed by atoms with Crippen LogP contribution in [-0.4, -0.2) is 46.8 Å². The molecular weight excluding hydrogens is 262 g/mol. The van der Waals surface area contributed by atoms with Crippen molar-refractivity contribution in [3.63, 3.8) is 0 Å². The van der Waals surface area contributed by atoms with Gasteiger partial charge in [0.1, 0.15) is 19.0 Å². The maximum Gasteiger partial charge on any atom is 0.165 e. The Morgan fingerprint density at radius 1 is 1.05 bits per heavy atom. The Kier molecular flexibility index (Phi) is 5.76. The van der Waals surface area contributed by atoms with Crippen molar-refractivity contribution in [1.82, 2.24) is 0 Å². The average molecular weight is 283 g/mol. The zero-order valence-corrected chi connectivity index (χ0v) is 11.7. The number of hydrogen-bond donors (Lipinski definition) is 1. The predicted molar refractivity (Wildman–Crippen MR) is 74.7 cm³/mol. The number of rotatable bonds is 8. The van der Waals surface area contributed by atoms with Gasteiger partial charge in [-0.2, -0.15) is 0 Å². The normalized spacial score (nSPS) is 13.2. The summed E-state index contributed by atoms with van der Waals surface area (Å²) in [6.45, 7) is 3.47. The molecule has 0 spiro atoms. The van der Waals surface area contributed by atoms with Gasteiger partial charge in [-0.05, 0) is 0 Å². The average Bonchev–Trinajstić information content (AvgIpc) is 2.46. The summed E-state index contributed by atoms with van der Waals surface area (Å²) in [6.07, 6.45) is 0.789. The molecule has 112 valence electrons. The molecule has 6 heteroatoms. The van der Waals surface area contributed by atoms with Crippen molar-refractivity contribution in [2.75, 3.05) is 52.5 Å². The Hall–Kier alpha value is -1.66. The number of fused-ring (bicyclic) bond motifs is 1. The lowest BCUT2D eigenvalue weighted by Crippen LogP contribution is -2.16. The second-order valence-electron chi connectivity index (χ2n) is 4.34. The summed E-state index contributed by atoms with van der Waals surface area (Å²) < 4.78 is 26.8. The first-order valence-electron chi connectivity index (χ1n) is 6.70. The molecule has 0 bridgehead atoms. The number of methoxy groups -OCH3 is 1. The molecule has 0 aromatic heterocycles. The van der Waals surface area contributed by atoms with Crippen molar-refractivity contribution >= 4 is 5.69 Å². The smallest absolute Gasteiger partial charge is 0.165 e. The summed E-state index contributed by atoms with van der Waals surface area (Å²) in [4.78, 5) is 0. The highest BCUT2D eigenvalue weighted by Gasteiger charge is 2.15. The SMILES string of the molecule is COCCOCCCOc1cc2c(cc1N)OCCO2. The second-order valence-corrected chi connectivity index (χ2v) is 4.34. The Labute approximate surface area is 118 Å². The molecule has 0 saturated heterocycles. The van der Waals surface area contributed by atoms with Gasteiger partial charge in [-0.3, -0.25) is 0 Å². The lowest BCUT2D eigenvalue weighted by Gasteiger charge is -2.20. The maximum atomic E-state index is 5.92. The van der Waals surface area contributed by atoms with E-state index in [9.17, 15) is 0 Å². The summed E-state index contributed by atoms with van der Waals surface area (Å²) in [7, 11) is 1.65. The van der Waals surface area contributed by atoms with E-state index in [4.69, 9.17) is 29.4 Å². The third-order valence-corrected chi connectivity index (χ3v) is 2.80. The zero-order chi connectivity index (χ0) is 14.2. The molecule has 0 atom stereocenters. The van der Waals surface area contributed by atoms with Crippen LogP contribution in [-0.2, 0) is 9.47 Å². The van der Waals surface area contributed by atoms with Crippen LogP contribution in [0.5, 0.6) is 17.2 Å². The van der Waals surface area contributed by atoms with Crippen LogP contribution < -0.4 is 19.9 Å². The highest BCUT2D eigenvalue weighted by atomic mass is 16.6. The second kappa shape index (κ2) is 7.81. The standard InChI is InChI=1S/C14H21NO5/c1-16-5-6-17-3-2-4-18-12-10-14-13(9-11(12)15)19-7-8-20-14/h9-10H,2-8,15H2,1H3. The maximum absolute atomic E-state index is 5.92. The summed E-state index contributed by atoms with van der Waals surface area (Å²) in [5, 5.41) is 0. The molecule has 2 N–H and O–H groups in total. The lowest BCUT2D eigenvalue weighted by atomic mass is 10.2. The van der Waals surface area contributed by atoms with E-state index < -0.39 is 0 Å². The summed E-state index contributed by atoms with van der Waals surface area (Å²) >= 11 is 0. The Balaban J connectivity index is 1.75. The van der Waals surface area contributed by atoms with Crippen LogP contribution in [0.2, 0.25) is 0 Å². The number of benzene rings is 1. The molecule has 1 heterocycles. The van der Waals surface area contributed by atoms with Crippen LogP contribution in [0.15, 0.2) is 12.1 Å². The van der Waals surface area contributed by atoms with Crippen LogP contribution >= 0.6 is 0 Å². The van der Waals surface area contributed by atoms with Gasteiger partial charge in [0.25, 0.3) is 0 Å². The first kappa shape index (κ1) is 14.7. The molecule has 0 radical (unpaired) electrons. The van der Waals surface area contributed by atoms with Gasteiger partial charge in [-0.1, -0.05) is 0 Å². The highest BCUT2D eigenvalue weighted by Crippen LogP contribution is 2.38. The molecule has 1 aromatic carbocycles. The van der Waals surface area contributed by atoms with Gasteiger partial charge in [-0.15, -0.1) is 0 Å². The molecule has 6 nitrogen and oxygen atoms in total. The highest BCUT2D eigenvalue weighted by molar-refractivity contribution is 5.62. The van der Waals surface area contributed by atoms with E-state index >= 15 is 0 Å². The molecule has 2 rings (SSSR count). The molecule has 0 fully saturated rings. The third-order valence-electron chi connectivity index (χ3n) is 2.80. The minimum atomic E-state index is 0.539. The number of hydrogen-bond acceptors (Lipinski definition) is 6. The van der Waals surface area contributed by atoms with E-state index in [1.165, 1.54) is 0 Å². The molecule has 20 heavy (non-hydrogen) atoms. The summed E-state index contributed by atoms with van der Waals surface area (Å²) in [6, 6.07) is 3.51. The van der Waals surface area contributed by atoms with Gasteiger partial charge in [0.15, 0.2) is 11.5 Å². The van der Waals surface area contributed by atoms with Gasteiger partial charge < -0.3 is 29.4 Å². The molecular formula is C14H21NO5. The Morgan fingerprint density at radius 3 is 2.55 bits per heavy atom. The fraction of sp³-hybridized carbons (Fsp3) is 0.571. The fourth-order valence-corrected chi connectivity index (χ4v) is 1.80. The minimum Gasteiger partial charge on any atom is -0.491 e. The monoisotopic (exact) mass is 283 g/mol. The first-order chi connectivity index (χ1) is 9.81. The Bertz CT molecular complexity index is 424. The van der Waals surface area contributed by atoms with Crippen molar-refractivity contribution in [1.29, 1.82) is 0 Å². The number of ether oxygens (including phenoxy) is 5. The number of nitrogens with two attached hydrogens (primary N) is 1. The van der Waals surface area contributed by atoms with Crippen LogP contribution in [0.25, 0.3) is 0 Å². The zero-order valence-electron chi connectivity index (χ0n) is 11.7. The van der Waals surface area contributed by atoms with E-state index in [0.29, 0.717) is 62.6 Å². The van der Waals surface area contributed by atoms with Crippen molar-refractivity contribution in [3.8, 4) is 17.2 Å². The van der Waals surface area contributed by atoms with E-state index in [0.717, 1.165) is 6.42 Å². The molecule has 0 unspecified atom stereocenters. The largest absolute Gasteiger partial charge is 0.491 e. The van der Waals surface area contributed by atoms with E-state index in [1.807, 2.05) is 0 Å². The fourth-order valence-electron chi connectivity index (χ4n) is 1.80. The lowest BCUT2D eigenvalue weighted by molar-refractivity contribution is 0.0644. The van der Waals surface area contributed by atoms with Crippen LogP contribution in [0, 0.1) is 0 Å². The molecule has 0 saturated carbocycles. The van der Waals surface area contributed by atoms with Gasteiger partial charge in [0.05, 0.1) is 25.5 Å². The Morgan fingerprint density at radius 2 is 1.80 bits per heavy atom. The van der Waals surface area contributed by atoms with Gasteiger partial charge in [0, 0.05) is 32.3 Å². The van der Waals surface area contributed by atoms with Crippen molar-refractivity contribution in [3.05, 3.63) is 12.1 Å². The van der Waals surface area contributed by atoms with Crippen molar-refractivity contribution < 1.29 is 23.7 Å². The van der Waals surface area contributed by atoms with E-state index in [1.54, 1.807) is 19.2 Å². The predicted octanol–water partition coefficient (Wildman–Crippen LogP) is 1.47. The minimum absolute atomic E-state index is 0.539. The molecule has 1 aromatic rings. The molecule has 0 aliphatic carbocycles. The van der Waals surface area contributed by atoms with Gasteiger partial charge >= 0.3 is 0 Å². The van der Waals surface area contributed by atoms with Crippen molar-refractivity contribution in [2.45, 2.75) is 6.42 Å². The van der Waals surface area contributed by atoms with E-state index in [-0.39, 0.29) is 0 Å². The summed E-state index contributed by atoms with van der Waals surface area (Å²) in [5.41, 5.74) is 6.47. The van der Waals surface area contributed by atoms with E-state index in [2.05, 4.69) is 0 Å². The number of anilines is 1. The molecule has 0 amide bonds. The number of nitrogen functional groups attached to an aromatic ring is 1. The topological polar surface area (TPSA) is 72.2 Å². The first-order valence-corrected chi connectivity index (χ1v) is 6.70. The van der Waals surface area contributed by atoms with Gasteiger partial charge in [0.2, 0.25) is 0 Å². The van der Waals surface area contributed by atoms with Gasteiger partial charge in [-0.25, -0.2) is 0 Å². The molecule has 1 aliphatic heterocycles. The van der Waals surface area contributed by atoms with Crippen LogP contribution in [0.4, 0.5) is 5.69 Å². The quantitative estimate of drug-likeness (QED) is 0.575. The van der Waals surface area contributed by atoms with Crippen molar-refractivity contribution in [2.24, 2.45) is 0 Å². The van der Waals surface area contributed by atoms with Crippen LogP contribution in [0.3, 0.4) is 0 Å².